The maximum Gasteiger partial charge on any atom is 0.169 e. The second-order valence-electron chi connectivity index (χ2n) is 4.44. The fraction of sp³-hybridized carbons (Fsp3) is 0.188. The summed E-state index contributed by atoms with van der Waals surface area (Å²) in [5.41, 5.74) is 1.15. The molecule has 1 N–H and O–H groups in total. The van der Waals surface area contributed by atoms with Gasteiger partial charge in [-0.3, -0.25) is 0 Å². The highest BCUT2D eigenvalue weighted by Gasteiger charge is 2.13. The summed E-state index contributed by atoms with van der Waals surface area (Å²) in [6, 6.07) is 12.4. The Hall–Kier alpha value is -2.03. The summed E-state index contributed by atoms with van der Waals surface area (Å²) in [7, 11) is 1.51. The molecule has 2 rings (SSSR count). The van der Waals surface area contributed by atoms with Gasteiger partial charge >= 0.3 is 0 Å². The number of hydrogen-bond acceptors (Lipinski definition) is 4. The van der Waals surface area contributed by atoms with Crippen LogP contribution in [0.2, 0.25) is 0 Å². The number of rotatable bonds is 4. The molecule has 0 fully saturated rings. The van der Waals surface area contributed by atoms with Gasteiger partial charge in [-0.05, 0) is 37.3 Å². The van der Waals surface area contributed by atoms with E-state index in [1.807, 2.05) is 12.1 Å². The quantitative estimate of drug-likeness (QED) is 0.901. The number of ether oxygens (including phenoxy) is 2. The van der Waals surface area contributed by atoms with Gasteiger partial charge in [-0.15, -0.1) is 0 Å². The molecule has 2 aromatic rings. The molecule has 0 aliphatic heterocycles. The minimum absolute atomic E-state index is 0.466. The van der Waals surface area contributed by atoms with Gasteiger partial charge < -0.3 is 14.6 Å². The number of benzene rings is 2. The molecule has 0 spiro atoms. The first-order valence-corrected chi connectivity index (χ1v) is 7.08. The van der Waals surface area contributed by atoms with E-state index in [2.05, 4.69) is 15.9 Å². The van der Waals surface area contributed by atoms with Gasteiger partial charge in [-0.2, -0.15) is 5.26 Å². The summed E-state index contributed by atoms with van der Waals surface area (Å²) in [4.78, 5) is 0. The van der Waals surface area contributed by atoms with Crippen molar-refractivity contribution >= 4 is 15.9 Å². The molecule has 0 heterocycles. The van der Waals surface area contributed by atoms with Crippen LogP contribution in [0.5, 0.6) is 17.2 Å². The standard InChI is InChI=1S/C16H14BrNO3/c1-10(19)13-8-12(17)4-6-14(13)21-15-5-3-11(9-18)7-16(15)20-2/h3-8,10,19H,1-2H3. The largest absolute Gasteiger partial charge is 0.493 e. The molecule has 0 bridgehead atoms. The van der Waals surface area contributed by atoms with Crippen LogP contribution in [0.4, 0.5) is 0 Å². The molecule has 0 radical (unpaired) electrons. The highest BCUT2D eigenvalue weighted by molar-refractivity contribution is 9.10. The van der Waals surface area contributed by atoms with Gasteiger partial charge in [0.25, 0.3) is 0 Å². The third kappa shape index (κ3) is 3.54. The average molecular weight is 348 g/mol. The lowest BCUT2D eigenvalue weighted by Gasteiger charge is -2.15. The van der Waals surface area contributed by atoms with Crippen LogP contribution in [0, 0.1) is 11.3 Å². The van der Waals surface area contributed by atoms with Crippen molar-refractivity contribution in [1.29, 1.82) is 5.26 Å². The van der Waals surface area contributed by atoms with E-state index in [0.29, 0.717) is 28.4 Å². The highest BCUT2D eigenvalue weighted by Crippen LogP contribution is 2.36. The van der Waals surface area contributed by atoms with E-state index in [9.17, 15) is 5.11 Å². The molecule has 5 heteroatoms. The van der Waals surface area contributed by atoms with E-state index < -0.39 is 6.10 Å². The van der Waals surface area contributed by atoms with E-state index >= 15 is 0 Å². The first-order chi connectivity index (χ1) is 10.0. The zero-order valence-corrected chi connectivity index (χ0v) is 13.2. The van der Waals surface area contributed by atoms with Crippen LogP contribution in [-0.2, 0) is 0 Å². The second-order valence-corrected chi connectivity index (χ2v) is 5.35. The Morgan fingerprint density at radius 3 is 2.48 bits per heavy atom. The smallest absolute Gasteiger partial charge is 0.169 e. The Bertz CT molecular complexity index is 692. The van der Waals surface area contributed by atoms with Crippen molar-refractivity contribution in [2.45, 2.75) is 13.0 Å². The van der Waals surface area contributed by atoms with Crippen molar-refractivity contribution in [3.8, 4) is 23.3 Å². The number of nitriles is 1. The number of aliphatic hydroxyl groups is 1. The predicted molar refractivity (Wildman–Crippen MR) is 82.6 cm³/mol. The number of aliphatic hydroxyl groups excluding tert-OH is 1. The van der Waals surface area contributed by atoms with Crippen molar-refractivity contribution in [3.63, 3.8) is 0 Å². The Kier molecular flexibility index (Phi) is 4.84. The van der Waals surface area contributed by atoms with Gasteiger partial charge in [0.05, 0.1) is 24.8 Å². The molecule has 21 heavy (non-hydrogen) atoms. The minimum atomic E-state index is -0.665. The lowest BCUT2D eigenvalue weighted by Crippen LogP contribution is -1.98. The average Bonchev–Trinajstić information content (AvgIpc) is 2.49. The molecular weight excluding hydrogens is 334 g/mol. The van der Waals surface area contributed by atoms with Crippen LogP contribution in [0.3, 0.4) is 0 Å². The molecule has 108 valence electrons. The number of nitrogens with zero attached hydrogens (tertiary/aromatic N) is 1. The van der Waals surface area contributed by atoms with Crippen molar-refractivity contribution in [2.24, 2.45) is 0 Å². The second kappa shape index (κ2) is 6.61. The third-order valence-corrected chi connectivity index (χ3v) is 3.43. The molecule has 0 saturated carbocycles. The van der Waals surface area contributed by atoms with E-state index in [0.717, 1.165) is 4.47 Å². The van der Waals surface area contributed by atoms with E-state index in [1.165, 1.54) is 7.11 Å². The highest BCUT2D eigenvalue weighted by atomic mass is 79.9. The summed E-state index contributed by atoms with van der Waals surface area (Å²) in [6.45, 7) is 1.67. The van der Waals surface area contributed by atoms with Crippen molar-refractivity contribution < 1.29 is 14.6 Å². The Morgan fingerprint density at radius 2 is 1.86 bits per heavy atom. The molecule has 2 aromatic carbocycles. The lowest BCUT2D eigenvalue weighted by atomic mass is 10.1. The first-order valence-electron chi connectivity index (χ1n) is 6.28. The number of halogens is 1. The Labute approximate surface area is 131 Å². The fourth-order valence-electron chi connectivity index (χ4n) is 1.88. The third-order valence-electron chi connectivity index (χ3n) is 2.93. The maximum atomic E-state index is 9.84. The lowest BCUT2D eigenvalue weighted by molar-refractivity contribution is 0.195. The molecule has 1 atom stereocenters. The topological polar surface area (TPSA) is 62.5 Å². The number of hydrogen-bond donors (Lipinski definition) is 1. The predicted octanol–water partition coefficient (Wildman–Crippen LogP) is 4.17. The van der Waals surface area contributed by atoms with Gasteiger partial charge in [0.1, 0.15) is 5.75 Å². The number of methoxy groups -OCH3 is 1. The molecule has 1 unspecified atom stereocenters. The summed E-state index contributed by atoms with van der Waals surface area (Å²) in [6.07, 6.45) is -0.665. The van der Waals surface area contributed by atoms with Crippen molar-refractivity contribution in [3.05, 3.63) is 52.0 Å². The monoisotopic (exact) mass is 347 g/mol. The first kappa shape index (κ1) is 15.4. The van der Waals surface area contributed by atoms with Crippen molar-refractivity contribution in [2.75, 3.05) is 7.11 Å². The Balaban J connectivity index is 2.41. The molecule has 4 nitrogen and oxygen atoms in total. The van der Waals surface area contributed by atoms with Crippen molar-refractivity contribution in [1.82, 2.24) is 0 Å². The van der Waals surface area contributed by atoms with E-state index in [-0.39, 0.29) is 0 Å². The van der Waals surface area contributed by atoms with Gasteiger partial charge in [0.2, 0.25) is 0 Å². The molecule has 0 saturated heterocycles. The van der Waals surface area contributed by atoms with Crippen LogP contribution in [0.1, 0.15) is 24.2 Å². The Morgan fingerprint density at radius 1 is 1.14 bits per heavy atom. The van der Waals surface area contributed by atoms with Gasteiger partial charge in [-0.25, -0.2) is 0 Å². The normalized spacial score (nSPS) is 11.6. The summed E-state index contributed by atoms with van der Waals surface area (Å²) in [5, 5.41) is 18.7. The van der Waals surface area contributed by atoms with Gasteiger partial charge in [0, 0.05) is 16.1 Å². The summed E-state index contributed by atoms with van der Waals surface area (Å²) >= 11 is 3.37. The molecule has 0 aliphatic carbocycles. The summed E-state index contributed by atoms with van der Waals surface area (Å²) < 4.78 is 11.9. The summed E-state index contributed by atoms with van der Waals surface area (Å²) in [5.74, 6) is 1.49. The molecular formula is C16H14BrNO3. The zero-order chi connectivity index (χ0) is 15.4. The van der Waals surface area contributed by atoms with Gasteiger partial charge in [-0.1, -0.05) is 15.9 Å². The van der Waals surface area contributed by atoms with Crippen LogP contribution >= 0.6 is 15.9 Å². The van der Waals surface area contributed by atoms with E-state index in [1.54, 1.807) is 37.3 Å². The van der Waals surface area contributed by atoms with Crippen LogP contribution in [0.25, 0.3) is 0 Å². The fourth-order valence-corrected chi connectivity index (χ4v) is 2.26. The SMILES string of the molecule is COc1cc(C#N)ccc1Oc1ccc(Br)cc1C(C)O. The molecule has 0 aromatic heterocycles. The van der Waals surface area contributed by atoms with Crippen LogP contribution in [0.15, 0.2) is 40.9 Å². The minimum Gasteiger partial charge on any atom is -0.493 e. The van der Waals surface area contributed by atoms with Crippen LogP contribution < -0.4 is 9.47 Å². The van der Waals surface area contributed by atoms with E-state index in [4.69, 9.17) is 14.7 Å². The molecule has 0 amide bonds. The molecule has 0 aliphatic rings. The zero-order valence-electron chi connectivity index (χ0n) is 11.6. The van der Waals surface area contributed by atoms with Gasteiger partial charge in [0.15, 0.2) is 11.5 Å². The maximum absolute atomic E-state index is 9.84. The van der Waals surface area contributed by atoms with Crippen LogP contribution in [-0.4, -0.2) is 12.2 Å².